The van der Waals surface area contributed by atoms with E-state index in [1.54, 1.807) is 31.6 Å². The van der Waals surface area contributed by atoms with Gasteiger partial charge in [0.05, 0.1) is 26.3 Å². The Balaban J connectivity index is 1.11. The molecule has 0 bridgehead atoms. The molecule has 3 aliphatic carbocycles. The van der Waals surface area contributed by atoms with Crippen molar-refractivity contribution in [2.45, 2.75) is 96.2 Å². The molecule has 11 nitrogen and oxygen atoms in total. The van der Waals surface area contributed by atoms with E-state index >= 15 is 0 Å². The summed E-state index contributed by atoms with van der Waals surface area (Å²) in [5.41, 5.74) is 3.69. The highest BCUT2D eigenvalue weighted by molar-refractivity contribution is 5.94. The van der Waals surface area contributed by atoms with Crippen LogP contribution in [-0.2, 0) is 19.0 Å². The van der Waals surface area contributed by atoms with Gasteiger partial charge in [-0.3, -0.25) is 9.69 Å². The van der Waals surface area contributed by atoms with Crippen LogP contribution in [-0.4, -0.2) is 79.1 Å². The average molecular weight is 674 g/mol. The van der Waals surface area contributed by atoms with Crippen LogP contribution in [0.4, 0.5) is 10.6 Å². The number of hydrogen-bond acceptors (Lipinski definition) is 9. The maximum Gasteiger partial charge on any atom is 0.410 e. The lowest BCUT2D eigenvalue weighted by atomic mass is 9.78. The van der Waals surface area contributed by atoms with Crippen LogP contribution >= 0.6 is 0 Å². The number of aliphatic imine (C=N–C) groups is 1. The molecule has 4 fully saturated rings. The van der Waals surface area contributed by atoms with Gasteiger partial charge < -0.3 is 23.5 Å². The van der Waals surface area contributed by atoms with Gasteiger partial charge in [-0.1, -0.05) is 6.58 Å². The van der Waals surface area contributed by atoms with Crippen molar-refractivity contribution in [3.8, 4) is 11.3 Å². The van der Waals surface area contributed by atoms with E-state index < -0.39 is 0 Å². The van der Waals surface area contributed by atoms with E-state index in [-0.39, 0.29) is 30.1 Å². The summed E-state index contributed by atoms with van der Waals surface area (Å²) >= 11 is 0. The van der Waals surface area contributed by atoms with Crippen LogP contribution in [0.5, 0.6) is 0 Å². The Kier molecular flexibility index (Phi) is 11.2. The molecule has 0 aromatic carbocycles. The molecule has 0 radical (unpaired) electrons. The second kappa shape index (κ2) is 15.7. The minimum atomic E-state index is -0.288. The molecule has 11 heteroatoms. The van der Waals surface area contributed by atoms with Crippen molar-refractivity contribution >= 4 is 24.0 Å². The first-order valence-electron chi connectivity index (χ1n) is 17.9. The van der Waals surface area contributed by atoms with Gasteiger partial charge in [0.15, 0.2) is 5.89 Å². The van der Waals surface area contributed by atoms with Gasteiger partial charge in [0.2, 0.25) is 11.8 Å². The number of oxazole rings is 1. The molecule has 1 aliphatic heterocycles. The second-order valence-electron chi connectivity index (χ2n) is 14.4. The van der Waals surface area contributed by atoms with Crippen molar-refractivity contribution in [1.82, 2.24) is 14.9 Å². The molecule has 0 atom stereocenters. The number of pyridine rings is 1. The number of nitrogens with zero attached hydrogens (tertiary/aromatic N) is 5. The van der Waals surface area contributed by atoms with Gasteiger partial charge in [0.25, 0.3) is 0 Å². The van der Waals surface area contributed by atoms with E-state index in [9.17, 15) is 9.59 Å². The van der Waals surface area contributed by atoms with Crippen LogP contribution in [0, 0.1) is 17.8 Å². The SMILES string of the molecule is C=C(/C=N\C(OC)=C(C)C)[C@H]1CC[C@H](CN(c2cc(-c3coc(C4CC4)n3)ccn2)C(=O)[C@H]2CC[C@H](OC(=O)N3CC(OC)C3)CC2)CC1. The molecule has 264 valence electrons. The predicted molar refractivity (Wildman–Crippen MR) is 187 cm³/mol. The zero-order valence-corrected chi connectivity index (χ0v) is 29.4. The number of aromatic nitrogens is 2. The lowest BCUT2D eigenvalue weighted by Gasteiger charge is -2.39. The molecule has 2 amide bonds. The third kappa shape index (κ3) is 8.60. The van der Waals surface area contributed by atoms with Crippen LogP contribution in [0.3, 0.4) is 0 Å². The zero-order valence-electron chi connectivity index (χ0n) is 29.4. The highest BCUT2D eigenvalue weighted by Gasteiger charge is 2.37. The molecule has 6 rings (SSSR count). The van der Waals surface area contributed by atoms with Crippen molar-refractivity contribution in [2.24, 2.45) is 22.7 Å². The van der Waals surface area contributed by atoms with Crippen molar-refractivity contribution in [3.05, 3.63) is 54.1 Å². The summed E-state index contributed by atoms with van der Waals surface area (Å²) in [5, 5.41) is 0. The van der Waals surface area contributed by atoms with Crippen LogP contribution in [0.25, 0.3) is 11.3 Å². The van der Waals surface area contributed by atoms with Gasteiger partial charge >= 0.3 is 6.09 Å². The molecule has 2 aromatic rings. The van der Waals surface area contributed by atoms with Gasteiger partial charge in [-0.25, -0.2) is 19.8 Å². The lowest BCUT2D eigenvalue weighted by Crippen LogP contribution is -2.55. The largest absolute Gasteiger partial charge is 0.481 e. The molecule has 4 aliphatic rings. The molecule has 2 aromatic heterocycles. The monoisotopic (exact) mass is 673 g/mol. The van der Waals surface area contributed by atoms with Crippen molar-refractivity contribution in [2.75, 3.05) is 38.8 Å². The van der Waals surface area contributed by atoms with Gasteiger partial charge in [0.1, 0.15) is 23.9 Å². The van der Waals surface area contributed by atoms with E-state index in [1.165, 1.54) is 0 Å². The summed E-state index contributed by atoms with van der Waals surface area (Å²) in [6, 6.07) is 3.90. The summed E-state index contributed by atoms with van der Waals surface area (Å²) in [6.45, 7) is 10.0. The number of rotatable bonds is 12. The van der Waals surface area contributed by atoms with Gasteiger partial charge in [-0.2, -0.15) is 0 Å². The minimum Gasteiger partial charge on any atom is -0.481 e. The molecule has 0 unspecified atom stereocenters. The number of carbonyl (C=O) groups is 2. The normalized spacial score (nSPS) is 24.3. The third-order valence-electron chi connectivity index (χ3n) is 10.5. The minimum absolute atomic E-state index is 0.0860. The van der Waals surface area contributed by atoms with Crippen molar-refractivity contribution in [3.63, 3.8) is 0 Å². The fourth-order valence-corrected chi connectivity index (χ4v) is 7.17. The maximum atomic E-state index is 14.4. The molecule has 1 saturated heterocycles. The van der Waals surface area contributed by atoms with E-state index in [4.69, 9.17) is 28.6 Å². The van der Waals surface area contributed by atoms with E-state index in [0.717, 1.165) is 66.8 Å². The Morgan fingerprint density at radius 1 is 1.02 bits per heavy atom. The number of ether oxygens (including phenoxy) is 3. The fourth-order valence-electron chi connectivity index (χ4n) is 7.17. The van der Waals surface area contributed by atoms with Crippen molar-refractivity contribution < 1.29 is 28.2 Å². The average Bonchev–Trinajstić information content (AvgIpc) is 3.82. The van der Waals surface area contributed by atoms with Gasteiger partial charge in [-0.15, -0.1) is 0 Å². The Bertz CT molecular complexity index is 1540. The van der Waals surface area contributed by atoms with Gasteiger partial charge in [0, 0.05) is 43.5 Å². The molecule has 49 heavy (non-hydrogen) atoms. The highest BCUT2D eigenvalue weighted by Crippen LogP contribution is 2.41. The molecule has 3 saturated carbocycles. The number of allylic oxidation sites excluding steroid dienone is 2. The topological polar surface area (TPSA) is 120 Å². The molecular formula is C38H51N5O6. The third-order valence-corrected chi connectivity index (χ3v) is 10.5. The summed E-state index contributed by atoms with van der Waals surface area (Å²) in [5.74, 6) is 3.09. The molecule has 0 N–H and O–H groups in total. The number of anilines is 1. The summed E-state index contributed by atoms with van der Waals surface area (Å²) in [7, 11) is 3.29. The molecule has 0 spiro atoms. The number of methoxy groups -OCH3 is 2. The quantitative estimate of drug-likeness (QED) is 0.170. The van der Waals surface area contributed by atoms with Gasteiger partial charge in [-0.05, 0) is 113 Å². The molecular weight excluding hydrogens is 622 g/mol. The van der Waals surface area contributed by atoms with E-state index in [1.807, 2.05) is 37.1 Å². The lowest BCUT2D eigenvalue weighted by molar-refractivity contribution is -0.124. The van der Waals surface area contributed by atoms with E-state index in [2.05, 4.69) is 11.6 Å². The molecule has 3 heterocycles. The standard InChI is InChI=1S/C38H51N5O6/c1-24(2)35(47-5)40-19-25(3)27-8-6-26(7-9-27)20-43(34-18-30(16-17-39-34)33-23-48-36(41-33)28-10-11-28)37(44)29-12-14-31(15-13-29)49-38(45)42-21-32(22-42)46-4/h16-19,23,26-29,31-32H,3,6-15,20-22H2,1-2,4-5H3/b40-19-/t26-,27-,29-,31-. The Morgan fingerprint density at radius 3 is 2.39 bits per heavy atom. The van der Waals surface area contributed by atoms with Crippen molar-refractivity contribution in [1.29, 1.82) is 0 Å². The summed E-state index contributed by atoms with van der Waals surface area (Å²) < 4.78 is 22.2. The first-order valence-corrected chi connectivity index (χ1v) is 17.9. The first kappa shape index (κ1) is 34.9. The smallest absolute Gasteiger partial charge is 0.410 e. The Labute approximate surface area is 289 Å². The summed E-state index contributed by atoms with van der Waals surface area (Å²) in [4.78, 5) is 44.5. The summed E-state index contributed by atoms with van der Waals surface area (Å²) in [6.07, 6.45) is 13.8. The fraction of sp³-hybridized carbons (Fsp3) is 0.605. The van der Waals surface area contributed by atoms with Crippen LogP contribution in [0.15, 0.2) is 57.6 Å². The predicted octanol–water partition coefficient (Wildman–Crippen LogP) is 7.30. The second-order valence-corrected chi connectivity index (χ2v) is 14.4. The zero-order chi connectivity index (χ0) is 34.5. The Morgan fingerprint density at radius 2 is 1.73 bits per heavy atom. The van der Waals surface area contributed by atoms with E-state index in [0.29, 0.717) is 74.8 Å². The Hall–Kier alpha value is -3.99. The van der Waals surface area contributed by atoms with Crippen LogP contribution < -0.4 is 4.90 Å². The highest BCUT2D eigenvalue weighted by atomic mass is 16.6. The number of likely N-dealkylation sites (tertiary alicyclic amines) is 1. The number of amides is 2. The van der Waals surface area contributed by atoms with Crippen LogP contribution in [0.1, 0.15) is 89.9 Å². The van der Waals surface area contributed by atoms with Crippen LogP contribution in [0.2, 0.25) is 0 Å². The maximum absolute atomic E-state index is 14.4. The number of carbonyl (C=O) groups excluding carboxylic acids is 2. The number of hydrogen-bond donors (Lipinski definition) is 0. The first-order chi connectivity index (χ1) is 23.7.